The number of benzene rings is 1. The minimum Gasteiger partial charge on any atom is -0.497 e. The van der Waals surface area contributed by atoms with Crippen LogP contribution in [0.2, 0.25) is 0 Å². The number of nitrogens with zero attached hydrogens (tertiary/aromatic N) is 3. The number of ether oxygens (including phenoxy) is 1. The van der Waals surface area contributed by atoms with Gasteiger partial charge in [-0.15, -0.1) is 0 Å². The zero-order valence-electron chi connectivity index (χ0n) is 16.5. The molecule has 0 N–H and O–H groups in total. The molecule has 4 rings (SSSR count). The summed E-state index contributed by atoms with van der Waals surface area (Å²) in [7, 11) is 1.69. The highest BCUT2D eigenvalue weighted by Crippen LogP contribution is 2.64. The number of anilines is 1. The summed E-state index contributed by atoms with van der Waals surface area (Å²) in [5.41, 5.74) is 2.42. The van der Waals surface area contributed by atoms with Crippen LogP contribution in [0.4, 0.5) is 5.69 Å². The molecule has 0 bridgehead atoms. The lowest BCUT2D eigenvalue weighted by Crippen LogP contribution is -2.48. The first-order chi connectivity index (χ1) is 13.0. The average Bonchev–Trinajstić information content (AvgIpc) is 3.42. The Bertz CT molecular complexity index is 848. The molecular weight excluding hydrogens is 338 g/mol. The van der Waals surface area contributed by atoms with Crippen LogP contribution in [0.3, 0.4) is 0 Å². The van der Waals surface area contributed by atoms with Gasteiger partial charge in [0.05, 0.1) is 7.11 Å². The van der Waals surface area contributed by atoms with Crippen molar-refractivity contribution in [1.82, 2.24) is 9.97 Å². The molecule has 0 radical (unpaired) electrons. The summed E-state index contributed by atoms with van der Waals surface area (Å²) in [6.07, 6.45) is 6.86. The number of carbonyl (C=O) groups excluding carboxylic acids is 1. The summed E-state index contributed by atoms with van der Waals surface area (Å²) in [6, 6.07) is 8.14. The van der Waals surface area contributed by atoms with Gasteiger partial charge in [0.15, 0.2) is 0 Å². The molecular formula is C22H27N3O2. The fourth-order valence-electron chi connectivity index (χ4n) is 4.98. The third-order valence-electron chi connectivity index (χ3n) is 6.54. The van der Waals surface area contributed by atoms with Gasteiger partial charge in [-0.2, -0.15) is 0 Å². The molecule has 1 saturated carbocycles. The largest absolute Gasteiger partial charge is 0.497 e. The van der Waals surface area contributed by atoms with E-state index in [0.29, 0.717) is 11.8 Å². The molecule has 3 atom stereocenters. The minimum absolute atomic E-state index is 0.0930. The number of carbonyl (C=O) groups is 1. The van der Waals surface area contributed by atoms with Gasteiger partial charge in [0.2, 0.25) is 5.91 Å². The zero-order valence-corrected chi connectivity index (χ0v) is 16.5. The number of aromatic nitrogens is 2. The smallest absolute Gasteiger partial charge is 0.224 e. The molecule has 2 aromatic rings. The molecule has 1 aromatic heterocycles. The van der Waals surface area contributed by atoms with E-state index in [4.69, 9.17) is 4.74 Å². The monoisotopic (exact) mass is 365 g/mol. The Labute approximate surface area is 160 Å². The van der Waals surface area contributed by atoms with Gasteiger partial charge in [0.1, 0.15) is 11.6 Å². The third-order valence-corrected chi connectivity index (χ3v) is 6.54. The summed E-state index contributed by atoms with van der Waals surface area (Å²) >= 11 is 0. The molecule has 1 aliphatic heterocycles. The highest BCUT2D eigenvalue weighted by molar-refractivity contribution is 5.94. The fraction of sp³-hybridized carbons (Fsp3) is 0.500. The lowest BCUT2D eigenvalue weighted by atomic mass is 9.68. The molecule has 27 heavy (non-hydrogen) atoms. The van der Waals surface area contributed by atoms with E-state index in [-0.39, 0.29) is 17.4 Å². The molecule has 2 heterocycles. The Morgan fingerprint density at radius 3 is 2.56 bits per heavy atom. The van der Waals surface area contributed by atoms with Crippen LogP contribution in [-0.4, -0.2) is 29.0 Å². The van der Waals surface area contributed by atoms with Gasteiger partial charge in [0, 0.05) is 37.5 Å². The van der Waals surface area contributed by atoms with Gasteiger partial charge >= 0.3 is 0 Å². The first kappa shape index (κ1) is 18.0. The first-order valence-corrected chi connectivity index (χ1v) is 9.70. The van der Waals surface area contributed by atoms with Gasteiger partial charge in [-0.25, -0.2) is 9.97 Å². The SMILES string of the molecule is COc1ccc2c(c1)[C@H](C1(Cc3ncccn3)CC1)[C@@H](C)[C@H](C)N2C(C)=O. The summed E-state index contributed by atoms with van der Waals surface area (Å²) in [4.78, 5) is 23.3. The number of amides is 1. The molecule has 2 aliphatic rings. The van der Waals surface area contributed by atoms with Crippen LogP contribution < -0.4 is 9.64 Å². The quantitative estimate of drug-likeness (QED) is 0.822. The number of hydrogen-bond acceptors (Lipinski definition) is 4. The van der Waals surface area contributed by atoms with E-state index in [1.54, 1.807) is 14.0 Å². The van der Waals surface area contributed by atoms with Crippen molar-refractivity contribution in [1.29, 1.82) is 0 Å². The standard InChI is InChI=1S/C22H27N3O2/c1-14-15(2)25(16(3)26)19-7-6-17(27-4)12-18(19)21(14)22(8-9-22)13-20-23-10-5-11-24-20/h5-7,10-12,14-15,21H,8-9,13H2,1-4H3/t14-,15-,21+/m0/s1. The van der Waals surface area contributed by atoms with Crippen molar-refractivity contribution in [3.63, 3.8) is 0 Å². The summed E-state index contributed by atoms with van der Waals surface area (Å²) in [5.74, 6) is 2.55. The minimum atomic E-state index is 0.0930. The van der Waals surface area contributed by atoms with Crippen molar-refractivity contribution in [3.05, 3.63) is 48.0 Å². The topological polar surface area (TPSA) is 55.3 Å². The van der Waals surface area contributed by atoms with Gasteiger partial charge < -0.3 is 9.64 Å². The van der Waals surface area contributed by atoms with Crippen LogP contribution in [0.15, 0.2) is 36.7 Å². The predicted molar refractivity (Wildman–Crippen MR) is 105 cm³/mol. The van der Waals surface area contributed by atoms with E-state index in [1.165, 1.54) is 18.4 Å². The van der Waals surface area contributed by atoms with E-state index in [9.17, 15) is 4.79 Å². The lowest BCUT2D eigenvalue weighted by Gasteiger charge is -2.46. The Kier molecular flexibility index (Phi) is 4.41. The van der Waals surface area contributed by atoms with Crippen molar-refractivity contribution in [3.8, 4) is 5.75 Å². The molecule has 1 amide bonds. The van der Waals surface area contributed by atoms with Gasteiger partial charge in [-0.3, -0.25) is 4.79 Å². The third kappa shape index (κ3) is 2.99. The maximum atomic E-state index is 12.4. The second-order valence-electron chi connectivity index (χ2n) is 8.10. The molecule has 0 unspecified atom stereocenters. The molecule has 142 valence electrons. The first-order valence-electron chi connectivity index (χ1n) is 9.70. The van der Waals surface area contributed by atoms with Gasteiger partial charge in [-0.1, -0.05) is 6.92 Å². The highest BCUT2D eigenvalue weighted by Gasteiger charge is 2.55. The Hall–Kier alpha value is -2.43. The van der Waals surface area contributed by atoms with Crippen LogP contribution in [0.25, 0.3) is 0 Å². The predicted octanol–water partition coefficient (Wildman–Crippen LogP) is 3.98. The van der Waals surface area contributed by atoms with Gasteiger partial charge in [0.25, 0.3) is 0 Å². The normalized spacial score (nSPS) is 25.6. The van der Waals surface area contributed by atoms with Crippen LogP contribution in [0.1, 0.15) is 50.9 Å². The Morgan fingerprint density at radius 1 is 1.26 bits per heavy atom. The van der Waals surface area contributed by atoms with Crippen molar-refractivity contribution < 1.29 is 9.53 Å². The lowest BCUT2D eigenvalue weighted by molar-refractivity contribution is -0.117. The van der Waals surface area contributed by atoms with Gasteiger partial charge in [-0.05, 0) is 66.8 Å². The molecule has 0 spiro atoms. The summed E-state index contributed by atoms with van der Waals surface area (Å²) < 4.78 is 5.51. The number of methoxy groups -OCH3 is 1. The van der Waals surface area contributed by atoms with E-state index in [2.05, 4.69) is 29.9 Å². The fourth-order valence-corrected chi connectivity index (χ4v) is 4.98. The molecule has 5 nitrogen and oxygen atoms in total. The highest BCUT2D eigenvalue weighted by atomic mass is 16.5. The van der Waals surface area contributed by atoms with E-state index in [1.807, 2.05) is 35.5 Å². The molecule has 5 heteroatoms. The van der Waals surface area contributed by atoms with Crippen molar-refractivity contribution in [2.45, 2.75) is 52.0 Å². The Balaban J connectivity index is 1.80. The second-order valence-corrected chi connectivity index (χ2v) is 8.10. The number of rotatable bonds is 4. The van der Waals surface area contributed by atoms with Crippen LogP contribution in [0, 0.1) is 11.3 Å². The summed E-state index contributed by atoms with van der Waals surface area (Å²) in [6.45, 7) is 6.10. The molecule has 0 saturated heterocycles. The molecule has 1 fully saturated rings. The summed E-state index contributed by atoms with van der Waals surface area (Å²) in [5, 5.41) is 0. The van der Waals surface area contributed by atoms with Crippen molar-refractivity contribution in [2.24, 2.45) is 11.3 Å². The molecule has 1 aliphatic carbocycles. The maximum absolute atomic E-state index is 12.4. The van der Waals surface area contributed by atoms with Crippen LogP contribution >= 0.6 is 0 Å². The zero-order chi connectivity index (χ0) is 19.2. The second kappa shape index (κ2) is 6.63. The Morgan fingerprint density at radius 2 is 1.96 bits per heavy atom. The van der Waals surface area contributed by atoms with Crippen molar-refractivity contribution in [2.75, 3.05) is 12.0 Å². The van der Waals surface area contributed by atoms with E-state index >= 15 is 0 Å². The van der Waals surface area contributed by atoms with Crippen LogP contribution in [-0.2, 0) is 11.2 Å². The molecule has 1 aromatic carbocycles. The maximum Gasteiger partial charge on any atom is 0.224 e. The number of hydrogen-bond donors (Lipinski definition) is 0. The van der Waals surface area contributed by atoms with E-state index < -0.39 is 0 Å². The van der Waals surface area contributed by atoms with Crippen molar-refractivity contribution >= 4 is 11.6 Å². The average molecular weight is 365 g/mol. The van der Waals surface area contributed by atoms with E-state index in [0.717, 1.165) is 23.7 Å². The number of fused-ring (bicyclic) bond motifs is 1. The van der Waals surface area contributed by atoms with Crippen LogP contribution in [0.5, 0.6) is 5.75 Å².